The van der Waals surface area contributed by atoms with E-state index in [2.05, 4.69) is 24.0 Å². The van der Waals surface area contributed by atoms with Crippen LogP contribution in [0.3, 0.4) is 0 Å². The molecule has 120 valence electrons. The number of fused-ring (bicyclic) bond motifs is 1. The topological polar surface area (TPSA) is 42.0 Å². The van der Waals surface area contributed by atoms with Gasteiger partial charge in [0.2, 0.25) is 12.7 Å². The summed E-state index contributed by atoms with van der Waals surface area (Å²) in [5.74, 6) is 1.98. The minimum atomic E-state index is 0.310. The van der Waals surface area contributed by atoms with E-state index in [1.165, 1.54) is 5.56 Å². The number of unbranched alkanes of at least 4 members (excludes halogenated alkanes) is 1. The number of nitrogens with zero attached hydrogens (tertiary/aromatic N) is 2. The van der Waals surface area contributed by atoms with E-state index in [4.69, 9.17) is 9.47 Å². The molecule has 0 aromatic heterocycles. The van der Waals surface area contributed by atoms with E-state index in [9.17, 15) is 4.79 Å². The molecule has 1 aromatic carbocycles. The van der Waals surface area contributed by atoms with Crippen LogP contribution in [0.4, 0.5) is 0 Å². The third-order valence-electron chi connectivity index (χ3n) is 4.31. The second-order valence-corrected chi connectivity index (χ2v) is 5.95. The molecule has 1 saturated heterocycles. The highest BCUT2D eigenvalue weighted by molar-refractivity contribution is 5.76. The second kappa shape index (κ2) is 7.01. The molecular weight excluding hydrogens is 280 g/mol. The Morgan fingerprint density at radius 3 is 2.68 bits per heavy atom. The Bertz CT molecular complexity index is 525. The summed E-state index contributed by atoms with van der Waals surface area (Å²) in [5.41, 5.74) is 1.23. The zero-order valence-corrected chi connectivity index (χ0v) is 13.2. The van der Waals surface area contributed by atoms with Gasteiger partial charge in [-0.15, -0.1) is 0 Å². The Morgan fingerprint density at radius 1 is 1.14 bits per heavy atom. The van der Waals surface area contributed by atoms with Gasteiger partial charge >= 0.3 is 0 Å². The molecule has 0 bridgehead atoms. The minimum Gasteiger partial charge on any atom is -0.454 e. The highest BCUT2D eigenvalue weighted by Gasteiger charge is 2.21. The van der Waals surface area contributed by atoms with Gasteiger partial charge in [-0.25, -0.2) is 0 Å². The van der Waals surface area contributed by atoms with Gasteiger partial charge in [0, 0.05) is 39.1 Å². The van der Waals surface area contributed by atoms with Crippen molar-refractivity contribution in [1.82, 2.24) is 9.80 Å². The SMILES string of the molecule is CCCCC(=O)N1CCN(Cc2ccc3c(c2)OCO3)CC1. The third kappa shape index (κ3) is 3.53. The van der Waals surface area contributed by atoms with E-state index < -0.39 is 0 Å². The van der Waals surface area contributed by atoms with Crippen LogP contribution in [0, 0.1) is 0 Å². The molecule has 0 atom stereocenters. The molecule has 5 nitrogen and oxygen atoms in total. The first kappa shape index (κ1) is 15.2. The molecule has 22 heavy (non-hydrogen) atoms. The Hall–Kier alpha value is -1.75. The molecule has 2 heterocycles. The first-order valence-electron chi connectivity index (χ1n) is 8.15. The van der Waals surface area contributed by atoms with Gasteiger partial charge in [-0.2, -0.15) is 0 Å². The second-order valence-electron chi connectivity index (χ2n) is 5.95. The Labute approximate surface area is 131 Å². The summed E-state index contributed by atoms with van der Waals surface area (Å²) in [7, 11) is 0. The largest absolute Gasteiger partial charge is 0.454 e. The van der Waals surface area contributed by atoms with Crippen LogP contribution >= 0.6 is 0 Å². The number of ether oxygens (including phenoxy) is 2. The molecule has 0 radical (unpaired) electrons. The number of hydrogen-bond donors (Lipinski definition) is 0. The quantitative estimate of drug-likeness (QED) is 0.837. The Morgan fingerprint density at radius 2 is 1.91 bits per heavy atom. The number of carbonyl (C=O) groups is 1. The maximum absolute atomic E-state index is 12.0. The predicted molar refractivity (Wildman–Crippen MR) is 83.9 cm³/mol. The standard InChI is InChI=1S/C17H24N2O3/c1-2-3-4-17(20)19-9-7-18(8-10-19)12-14-5-6-15-16(11-14)22-13-21-15/h5-6,11H,2-4,7-10,12-13H2,1H3. The van der Waals surface area contributed by atoms with Gasteiger partial charge in [-0.3, -0.25) is 9.69 Å². The van der Waals surface area contributed by atoms with Crippen LogP contribution in [0.15, 0.2) is 18.2 Å². The fourth-order valence-corrected chi connectivity index (χ4v) is 2.94. The number of piperazine rings is 1. The molecule has 0 N–H and O–H groups in total. The summed E-state index contributed by atoms with van der Waals surface area (Å²) in [5, 5.41) is 0. The van der Waals surface area contributed by atoms with Crippen LogP contribution in [0.1, 0.15) is 31.7 Å². The number of amides is 1. The molecule has 0 saturated carbocycles. The van der Waals surface area contributed by atoms with Crippen molar-refractivity contribution in [1.29, 1.82) is 0 Å². The Balaban J connectivity index is 1.49. The fourth-order valence-electron chi connectivity index (χ4n) is 2.94. The van der Waals surface area contributed by atoms with E-state index in [1.807, 2.05) is 11.0 Å². The number of hydrogen-bond acceptors (Lipinski definition) is 4. The third-order valence-corrected chi connectivity index (χ3v) is 4.31. The van der Waals surface area contributed by atoms with Crippen LogP contribution in [0.2, 0.25) is 0 Å². The van der Waals surface area contributed by atoms with Crippen molar-refractivity contribution in [3.63, 3.8) is 0 Å². The van der Waals surface area contributed by atoms with Crippen LogP contribution in [0.25, 0.3) is 0 Å². The minimum absolute atomic E-state index is 0.310. The predicted octanol–water partition coefficient (Wildman–Crippen LogP) is 2.25. The molecule has 0 unspecified atom stereocenters. The molecule has 1 amide bonds. The maximum atomic E-state index is 12.0. The van der Waals surface area contributed by atoms with Gasteiger partial charge < -0.3 is 14.4 Å². The van der Waals surface area contributed by atoms with E-state index in [0.717, 1.165) is 57.1 Å². The summed E-state index contributed by atoms with van der Waals surface area (Å²) in [6.07, 6.45) is 2.77. The van der Waals surface area contributed by atoms with E-state index in [1.54, 1.807) is 0 Å². The lowest BCUT2D eigenvalue weighted by Crippen LogP contribution is -2.48. The summed E-state index contributed by atoms with van der Waals surface area (Å²) in [6, 6.07) is 6.12. The number of rotatable bonds is 5. The van der Waals surface area contributed by atoms with Gasteiger partial charge in [0.05, 0.1) is 0 Å². The van der Waals surface area contributed by atoms with E-state index >= 15 is 0 Å². The van der Waals surface area contributed by atoms with E-state index in [-0.39, 0.29) is 0 Å². The molecule has 5 heteroatoms. The van der Waals surface area contributed by atoms with Crippen LogP contribution in [-0.2, 0) is 11.3 Å². The summed E-state index contributed by atoms with van der Waals surface area (Å²) >= 11 is 0. The van der Waals surface area contributed by atoms with Gasteiger partial charge in [0.25, 0.3) is 0 Å². The monoisotopic (exact) mass is 304 g/mol. The first-order valence-corrected chi connectivity index (χ1v) is 8.15. The van der Waals surface area contributed by atoms with Crippen molar-refractivity contribution in [3.05, 3.63) is 23.8 Å². The van der Waals surface area contributed by atoms with Crippen molar-refractivity contribution < 1.29 is 14.3 Å². The van der Waals surface area contributed by atoms with Crippen molar-refractivity contribution in [2.24, 2.45) is 0 Å². The Kier molecular flexibility index (Phi) is 4.83. The maximum Gasteiger partial charge on any atom is 0.231 e. The lowest BCUT2D eigenvalue weighted by atomic mass is 10.1. The smallest absolute Gasteiger partial charge is 0.231 e. The van der Waals surface area contributed by atoms with Gasteiger partial charge in [-0.1, -0.05) is 19.4 Å². The van der Waals surface area contributed by atoms with Gasteiger partial charge in [-0.05, 0) is 24.1 Å². The van der Waals surface area contributed by atoms with Crippen LogP contribution < -0.4 is 9.47 Å². The van der Waals surface area contributed by atoms with Crippen LogP contribution in [0.5, 0.6) is 11.5 Å². The molecular formula is C17H24N2O3. The van der Waals surface area contributed by atoms with Gasteiger partial charge in [0.1, 0.15) is 0 Å². The normalized spacial score (nSPS) is 17.8. The van der Waals surface area contributed by atoms with Crippen molar-refractivity contribution in [2.45, 2.75) is 32.7 Å². The highest BCUT2D eigenvalue weighted by Crippen LogP contribution is 2.32. The zero-order valence-electron chi connectivity index (χ0n) is 13.2. The van der Waals surface area contributed by atoms with Crippen LogP contribution in [-0.4, -0.2) is 48.7 Å². The number of carbonyl (C=O) groups excluding carboxylic acids is 1. The summed E-state index contributed by atoms with van der Waals surface area (Å²) in [6.45, 7) is 6.89. The average Bonchev–Trinajstić information content (AvgIpc) is 3.01. The molecule has 2 aliphatic heterocycles. The lowest BCUT2D eigenvalue weighted by molar-refractivity contribution is -0.133. The first-order chi connectivity index (χ1) is 10.8. The summed E-state index contributed by atoms with van der Waals surface area (Å²) < 4.78 is 10.8. The highest BCUT2D eigenvalue weighted by atomic mass is 16.7. The molecule has 0 spiro atoms. The lowest BCUT2D eigenvalue weighted by Gasteiger charge is -2.34. The van der Waals surface area contributed by atoms with E-state index in [0.29, 0.717) is 19.1 Å². The average molecular weight is 304 g/mol. The number of benzene rings is 1. The molecule has 1 aromatic rings. The van der Waals surface area contributed by atoms with Crippen molar-refractivity contribution in [2.75, 3.05) is 33.0 Å². The molecule has 1 fully saturated rings. The van der Waals surface area contributed by atoms with Crippen molar-refractivity contribution >= 4 is 5.91 Å². The van der Waals surface area contributed by atoms with Gasteiger partial charge in [0.15, 0.2) is 11.5 Å². The summed E-state index contributed by atoms with van der Waals surface area (Å²) in [4.78, 5) is 16.4. The van der Waals surface area contributed by atoms with Crippen molar-refractivity contribution in [3.8, 4) is 11.5 Å². The molecule has 3 rings (SSSR count). The molecule has 2 aliphatic rings. The fraction of sp³-hybridized carbons (Fsp3) is 0.588. The molecule has 0 aliphatic carbocycles. The zero-order chi connectivity index (χ0) is 15.4.